The van der Waals surface area contributed by atoms with Gasteiger partial charge in [-0.15, -0.1) is 24.0 Å². The van der Waals surface area contributed by atoms with E-state index in [-0.39, 0.29) is 35.6 Å². The van der Waals surface area contributed by atoms with Gasteiger partial charge in [0.1, 0.15) is 11.4 Å². The summed E-state index contributed by atoms with van der Waals surface area (Å²) in [4.78, 5) is 6.95. The van der Waals surface area contributed by atoms with Gasteiger partial charge in [-0.05, 0) is 33.8 Å². The van der Waals surface area contributed by atoms with Gasteiger partial charge in [0.25, 0.3) is 0 Å². The Morgan fingerprint density at radius 2 is 2.11 bits per heavy atom. The summed E-state index contributed by atoms with van der Waals surface area (Å²) in [7, 11) is 1.83. The largest absolute Gasteiger partial charge is 0.487 e. The number of nitrogens with one attached hydrogen (secondary N) is 2. The van der Waals surface area contributed by atoms with Crippen LogP contribution in [0.4, 0.5) is 0 Å². The van der Waals surface area contributed by atoms with Crippen molar-refractivity contribution in [2.45, 2.75) is 57.8 Å². The maximum absolute atomic E-state index is 6.14. The molecule has 0 saturated carbocycles. The average molecular weight is 502 g/mol. The molecule has 1 saturated heterocycles. The average Bonchev–Trinajstić information content (AvgIpc) is 2.64. The summed E-state index contributed by atoms with van der Waals surface area (Å²) < 4.78 is 11.7. The fraction of sp³-hybridized carbons (Fsp3) is 0.667. The van der Waals surface area contributed by atoms with Gasteiger partial charge in [0.2, 0.25) is 0 Å². The van der Waals surface area contributed by atoms with Gasteiger partial charge >= 0.3 is 0 Å². The number of benzene rings is 1. The van der Waals surface area contributed by atoms with Crippen molar-refractivity contribution in [2.24, 2.45) is 4.99 Å². The first kappa shape index (κ1) is 23.2. The Morgan fingerprint density at radius 3 is 2.82 bits per heavy atom. The van der Waals surface area contributed by atoms with Crippen molar-refractivity contribution >= 4 is 29.9 Å². The zero-order valence-corrected chi connectivity index (χ0v) is 20.0. The third-order valence-corrected chi connectivity index (χ3v) is 5.46. The van der Waals surface area contributed by atoms with E-state index in [1.54, 1.807) is 0 Å². The van der Waals surface area contributed by atoms with E-state index in [1.165, 1.54) is 5.56 Å². The standard InChI is InChI=1S/C21H34N4O2.HI/c1-15(25-10-11-26-14-16(25)2)13-23-20(22-5)24-18-12-21(3,4)27-19-9-7-6-8-17(18)19;/h6-9,15-16,18H,10-14H2,1-5H3,(H2,22,23,24);1H. The van der Waals surface area contributed by atoms with Crippen LogP contribution in [0.2, 0.25) is 0 Å². The number of hydrogen-bond donors (Lipinski definition) is 2. The van der Waals surface area contributed by atoms with Gasteiger partial charge in [-0.25, -0.2) is 0 Å². The molecular formula is C21H35IN4O2. The van der Waals surface area contributed by atoms with Gasteiger partial charge in [0, 0.05) is 44.2 Å². The molecule has 0 radical (unpaired) electrons. The van der Waals surface area contributed by atoms with Crippen LogP contribution in [-0.2, 0) is 4.74 Å². The summed E-state index contributed by atoms with van der Waals surface area (Å²) in [6.07, 6.45) is 0.890. The monoisotopic (exact) mass is 502 g/mol. The van der Waals surface area contributed by atoms with E-state index in [0.29, 0.717) is 12.1 Å². The number of halogens is 1. The SMILES string of the molecule is CN=C(NCC(C)N1CCOCC1C)NC1CC(C)(C)Oc2ccccc21.I. The van der Waals surface area contributed by atoms with E-state index in [9.17, 15) is 0 Å². The number of para-hydroxylation sites is 1. The van der Waals surface area contributed by atoms with Crippen molar-refractivity contribution in [3.05, 3.63) is 29.8 Å². The number of rotatable bonds is 4. The molecule has 1 fully saturated rings. The molecule has 3 rings (SSSR count). The molecule has 2 aliphatic heterocycles. The first-order chi connectivity index (χ1) is 12.9. The highest BCUT2D eigenvalue weighted by Crippen LogP contribution is 2.39. The minimum absolute atomic E-state index is 0. The van der Waals surface area contributed by atoms with Crippen LogP contribution in [0.5, 0.6) is 5.75 Å². The molecule has 0 aliphatic carbocycles. The highest BCUT2D eigenvalue weighted by Gasteiger charge is 2.34. The van der Waals surface area contributed by atoms with Crippen molar-refractivity contribution in [1.29, 1.82) is 0 Å². The molecule has 3 atom stereocenters. The smallest absolute Gasteiger partial charge is 0.191 e. The zero-order valence-electron chi connectivity index (χ0n) is 17.7. The van der Waals surface area contributed by atoms with Crippen LogP contribution >= 0.6 is 24.0 Å². The quantitative estimate of drug-likeness (QED) is 0.377. The minimum Gasteiger partial charge on any atom is -0.487 e. The number of aliphatic imine (C=N–C) groups is 1. The van der Waals surface area contributed by atoms with E-state index in [2.05, 4.69) is 60.4 Å². The zero-order chi connectivity index (χ0) is 19.4. The number of ether oxygens (including phenoxy) is 2. The second-order valence-corrected chi connectivity index (χ2v) is 8.26. The Kier molecular flexibility index (Phi) is 8.39. The Balaban J connectivity index is 0.00000280. The second kappa shape index (κ2) is 10.1. The van der Waals surface area contributed by atoms with E-state index in [4.69, 9.17) is 9.47 Å². The first-order valence-corrected chi connectivity index (χ1v) is 9.98. The van der Waals surface area contributed by atoms with Gasteiger partial charge in [-0.1, -0.05) is 18.2 Å². The molecule has 1 aromatic carbocycles. The van der Waals surface area contributed by atoms with Crippen LogP contribution in [0.15, 0.2) is 29.3 Å². The molecule has 158 valence electrons. The third kappa shape index (κ3) is 5.73. The van der Waals surface area contributed by atoms with E-state index in [0.717, 1.165) is 44.4 Å². The fourth-order valence-electron chi connectivity index (χ4n) is 4.05. The summed E-state index contributed by atoms with van der Waals surface area (Å²) in [5, 5.41) is 7.11. The second-order valence-electron chi connectivity index (χ2n) is 8.26. The molecule has 0 amide bonds. The van der Waals surface area contributed by atoms with Gasteiger partial charge in [-0.2, -0.15) is 0 Å². The van der Waals surface area contributed by atoms with Gasteiger partial charge < -0.3 is 20.1 Å². The minimum atomic E-state index is -0.207. The Labute approximate surface area is 186 Å². The summed E-state index contributed by atoms with van der Waals surface area (Å²) in [6.45, 7) is 12.2. The summed E-state index contributed by atoms with van der Waals surface area (Å²) in [5.74, 6) is 1.79. The predicted molar refractivity (Wildman–Crippen MR) is 125 cm³/mol. The molecule has 0 aromatic heterocycles. The van der Waals surface area contributed by atoms with Crippen molar-refractivity contribution in [3.63, 3.8) is 0 Å². The molecular weight excluding hydrogens is 467 g/mol. The molecule has 0 bridgehead atoms. The normalized spacial score (nSPS) is 25.7. The Morgan fingerprint density at radius 1 is 1.36 bits per heavy atom. The van der Waals surface area contributed by atoms with E-state index >= 15 is 0 Å². The predicted octanol–water partition coefficient (Wildman–Crippen LogP) is 3.18. The molecule has 0 spiro atoms. The van der Waals surface area contributed by atoms with Crippen LogP contribution in [0.25, 0.3) is 0 Å². The topological polar surface area (TPSA) is 58.1 Å². The van der Waals surface area contributed by atoms with Crippen molar-refractivity contribution in [1.82, 2.24) is 15.5 Å². The fourth-order valence-corrected chi connectivity index (χ4v) is 4.05. The molecule has 2 aliphatic rings. The van der Waals surface area contributed by atoms with E-state index in [1.807, 2.05) is 19.2 Å². The van der Waals surface area contributed by atoms with E-state index < -0.39 is 0 Å². The highest BCUT2D eigenvalue weighted by molar-refractivity contribution is 14.0. The number of hydrogen-bond acceptors (Lipinski definition) is 4. The van der Waals surface area contributed by atoms with Crippen molar-refractivity contribution in [3.8, 4) is 5.75 Å². The summed E-state index contributed by atoms with van der Waals surface area (Å²) in [6, 6.07) is 9.31. The maximum Gasteiger partial charge on any atom is 0.191 e. The lowest BCUT2D eigenvalue weighted by Gasteiger charge is -2.39. The first-order valence-electron chi connectivity index (χ1n) is 9.98. The molecule has 2 N–H and O–H groups in total. The lowest BCUT2D eigenvalue weighted by Crippen LogP contribution is -2.53. The van der Waals surface area contributed by atoms with Crippen molar-refractivity contribution < 1.29 is 9.47 Å². The van der Waals surface area contributed by atoms with Crippen LogP contribution in [0.1, 0.15) is 45.7 Å². The molecule has 2 heterocycles. The van der Waals surface area contributed by atoms with Crippen LogP contribution < -0.4 is 15.4 Å². The molecule has 1 aromatic rings. The molecule has 6 nitrogen and oxygen atoms in total. The van der Waals surface area contributed by atoms with Gasteiger partial charge in [-0.3, -0.25) is 9.89 Å². The van der Waals surface area contributed by atoms with Gasteiger partial charge in [0.05, 0.1) is 19.3 Å². The number of fused-ring (bicyclic) bond motifs is 1. The Hall–Kier alpha value is -1.06. The number of guanidine groups is 1. The molecule has 7 heteroatoms. The molecule has 3 unspecified atom stereocenters. The van der Waals surface area contributed by atoms with Crippen LogP contribution in [0.3, 0.4) is 0 Å². The van der Waals surface area contributed by atoms with Crippen LogP contribution in [0, 0.1) is 0 Å². The van der Waals surface area contributed by atoms with Gasteiger partial charge in [0.15, 0.2) is 5.96 Å². The van der Waals surface area contributed by atoms with Crippen molar-refractivity contribution in [2.75, 3.05) is 33.4 Å². The molecule has 28 heavy (non-hydrogen) atoms. The summed E-state index contributed by atoms with van der Waals surface area (Å²) in [5.41, 5.74) is 0.983. The maximum atomic E-state index is 6.14. The Bertz CT molecular complexity index is 668. The lowest BCUT2D eigenvalue weighted by atomic mass is 9.90. The van der Waals surface area contributed by atoms with Crippen LogP contribution in [-0.4, -0.2) is 61.9 Å². The highest BCUT2D eigenvalue weighted by atomic mass is 127. The third-order valence-electron chi connectivity index (χ3n) is 5.46. The lowest BCUT2D eigenvalue weighted by molar-refractivity contribution is -0.0174. The number of nitrogens with zero attached hydrogens (tertiary/aromatic N) is 2. The summed E-state index contributed by atoms with van der Waals surface area (Å²) >= 11 is 0. The number of morpholine rings is 1.